The molecule has 2 heteroatoms. The van der Waals surface area contributed by atoms with Crippen molar-refractivity contribution in [2.45, 2.75) is 33.1 Å². The first-order valence-electron chi connectivity index (χ1n) is 5.93. The van der Waals surface area contributed by atoms with Crippen LogP contribution in [0.3, 0.4) is 0 Å². The second-order valence-electron chi connectivity index (χ2n) is 4.33. The van der Waals surface area contributed by atoms with Gasteiger partial charge in [0, 0.05) is 13.6 Å². The minimum absolute atomic E-state index is 0.207. The van der Waals surface area contributed by atoms with Crippen molar-refractivity contribution in [3.63, 3.8) is 0 Å². The molecule has 88 valence electrons. The highest BCUT2D eigenvalue weighted by Gasteiger charge is 2.08. The van der Waals surface area contributed by atoms with E-state index in [0.717, 1.165) is 24.9 Å². The first-order valence-corrected chi connectivity index (χ1v) is 5.93. The van der Waals surface area contributed by atoms with Crippen molar-refractivity contribution in [1.82, 2.24) is 4.90 Å². The third-order valence-electron chi connectivity index (χ3n) is 2.71. The van der Waals surface area contributed by atoms with Crippen LogP contribution in [0, 0.1) is 6.92 Å². The van der Waals surface area contributed by atoms with Crippen LogP contribution >= 0.6 is 0 Å². The number of nitrogens with zero attached hydrogens (tertiary/aromatic N) is 1. The van der Waals surface area contributed by atoms with Gasteiger partial charge in [-0.05, 0) is 18.9 Å². The van der Waals surface area contributed by atoms with Gasteiger partial charge in [-0.3, -0.25) is 4.79 Å². The van der Waals surface area contributed by atoms with Crippen molar-refractivity contribution in [1.29, 1.82) is 0 Å². The van der Waals surface area contributed by atoms with Crippen molar-refractivity contribution in [3.8, 4) is 0 Å². The van der Waals surface area contributed by atoms with E-state index in [0.29, 0.717) is 6.42 Å². The summed E-state index contributed by atoms with van der Waals surface area (Å²) in [6, 6.07) is 8.14. The van der Waals surface area contributed by atoms with Gasteiger partial charge in [0.2, 0.25) is 5.91 Å². The highest BCUT2D eigenvalue weighted by atomic mass is 16.2. The van der Waals surface area contributed by atoms with Gasteiger partial charge in [0.1, 0.15) is 0 Å². The van der Waals surface area contributed by atoms with Crippen LogP contribution in [0.4, 0.5) is 0 Å². The largest absolute Gasteiger partial charge is 0.345 e. The number of hydrogen-bond acceptors (Lipinski definition) is 1. The Hall–Kier alpha value is -1.31. The number of carbonyl (C=O) groups is 1. The number of rotatable bonds is 5. The first-order chi connectivity index (χ1) is 7.63. The number of amides is 1. The summed E-state index contributed by atoms with van der Waals surface area (Å²) >= 11 is 0. The second kappa shape index (κ2) is 6.31. The van der Waals surface area contributed by atoms with E-state index in [9.17, 15) is 4.79 Å². The molecule has 0 bridgehead atoms. The summed E-state index contributed by atoms with van der Waals surface area (Å²) in [5.41, 5.74) is 2.31. The maximum atomic E-state index is 11.9. The molecule has 0 saturated heterocycles. The standard InChI is InChI=1S/C14H21NO/c1-4-5-9-15(3)14(16)11-13-8-6-7-12(2)10-13/h6-8,10H,4-5,9,11H2,1-3H3. The van der Waals surface area contributed by atoms with Gasteiger partial charge in [-0.2, -0.15) is 0 Å². The van der Waals surface area contributed by atoms with Gasteiger partial charge >= 0.3 is 0 Å². The molecule has 16 heavy (non-hydrogen) atoms. The van der Waals surface area contributed by atoms with Gasteiger partial charge in [0.25, 0.3) is 0 Å². The van der Waals surface area contributed by atoms with Crippen molar-refractivity contribution in [2.75, 3.05) is 13.6 Å². The van der Waals surface area contributed by atoms with E-state index >= 15 is 0 Å². The average molecular weight is 219 g/mol. The maximum absolute atomic E-state index is 11.9. The average Bonchev–Trinajstić information content (AvgIpc) is 2.25. The molecule has 1 amide bonds. The molecule has 0 N–H and O–H groups in total. The predicted octanol–water partition coefficient (Wildman–Crippen LogP) is 2.80. The zero-order valence-corrected chi connectivity index (χ0v) is 10.5. The van der Waals surface area contributed by atoms with Gasteiger partial charge in [-0.15, -0.1) is 0 Å². The van der Waals surface area contributed by atoms with Crippen LogP contribution in [-0.2, 0) is 11.2 Å². The second-order valence-corrected chi connectivity index (χ2v) is 4.33. The smallest absolute Gasteiger partial charge is 0.226 e. The zero-order valence-electron chi connectivity index (χ0n) is 10.5. The fourth-order valence-electron chi connectivity index (χ4n) is 1.65. The number of likely N-dealkylation sites (N-methyl/N-ethyl adjacent to an activating group) is 1. The third kappa shape index (κ3) is 4.05. The van der Waals surface area contributed by atoms with E-state index in [2.05, 4.69) is 26.0 Å². The monoisotopic (exact) mass is 219 g/mol. The molecule has 1 aromatic carbocycles. The fourth-order valence-corrected chi connectivity index (χ4v) is 1.65. The van der Waals surface area contributed by atoms with Crippen LogP contribution < -0.4 is 0 Å². The number of carbonyl (C=O) groups excluding carboxylic acids is 1. The predicted molar refractivity (Wildman–Crippen MR) is 67.4 cm³/mol. The molecule has 2 nitrogen and oxygen atoms in total. The molecule has 0 spiro atoms. The number of unbranched alkanes of at least 4 members (excludes halogenated alkanes) is 1. The van der Waals surface area contributed by atoms with Crippen LogP contribution in [0.5, 0.6) is 0 Å². The number of hydrogen-bond donors (Lipinski definition) is 0. The van der Waals surface area contributed by atoms with E-state index in [1.807, 2.05) is 24.1 Å². The minimum atomic E-state index is 0.207. The molecule has 0 atom stereocenters. The summed E-state index contributed by atoms with van der Waals surface area (Å²) in [6.07, 6.45) is 2.72. The molecule has 0 aliphatic carbocycles. The first kappa shape index (κ1) is 12.8. The van der Waals surface area contributed by atoms with Crippen LogP contribution in [0.1, 0.15) is 30.9 Å². The molecule has 1 rings (SSSR count). The Morgan fingerprint density at radius 1 is 1.38 bits per heavy atom. The summed E-state index contributed by atoms with van der Waals surface area (Å²) < 4.78 is 0. The molecular formula is C14H21NO. The van der Waals surface area contributed by atoms with Crippen molar-refractivity contribution >= 4 is 5.91 Å². The van der Waals surface area contributed by atoms with Crippen LogP contribution in [0.25, 0.3) is 0 Å². The third-order valence-corrected chi connectivity index (χ3v) is 2.71. The van der Waals surface area contributed by atoms with Gasteiger partial charge in [0.15, 0.2) is 0 Å². The van der Waals surface area contributed by atoms with Crippen molar-refractivity contribution < 1.29 is 4.79 Å². The van der Waals surface area contributed by atoms with Crippen molar-refractivity contribution in [3.05, 3.63) is 35.4 Å². The number of aryl methyl sites for hydroxylation is 1. The van der Waals surface area contributed by atoms with Crippen LogP contribution in [0.15, 0.2) is 24.3 Å². The lowest BCUT2D eigenvalue weighted by molar-refractivity contribution is -0.129. The summed E-state index contributed by atoms with van der Waals surface area (Å²) in [5, 5.41) is 0. The Labute approximate surface area is 98.3 Å². The minimum Gasteiger partial charge on any atom is -0.345 e. The topological polar surface area (TPSA) is 20.3 Å². The molecule has 0 heterocycles. The van der Waals surface area contributed by atoms with Gasteiger partial charge < -0.3 is 4.90 Å². The molecule has 1 aromatic rings. The molecule has 0 aromatic heterocycles. The molecule has 0 aliphatic rings. The van der Waals surface area contributed by atoms with E-state index in [4.69, 9.17) is 0 Å². The lowest BCUT2D eigenvalue weighted by Gasteiger charge is -2.16. The highest BCUT2D eigenvalue weighted by molar-refractivity contribution is 5.78. The Morgan fingerprint density at radius 3 is 2.75 bits per heavy atom. The Morgan fingerprint density at radius 2 is 2.12 bits per heavy atom. The SMILES string of the molecule is CCCCN(C)C(=O)Cc1cccc(C)c1. The summed E-state index contributed by atoms with van der Waals surface area (Å²) in [5.74, 6) is 0.207. The van der Waals surface area contributed by atoms with Gasteiger partial charge in [-0.25, -0.2) is 0 Å². The Kier molecular flexibility index (Phi) is 5.03. The van der Waals surface area contributed by atoms with Gasteiger partial charge in [-0.1, -0.05) is 43.2 Å². The van der Waals surface area contributed by atoms with Gasteiger partial charge in [0.05, 0.1) is 6.42 Å². The molecule has 0 saturated carbocycles. The molecule has 0 radical (unpaired) electrons. The van der Waals surface area contributed by atoms with E-state index in [1.165, 1.54) is 5.56 Å². The molecular weight excluding hydrogens is 198 g/mol. The summed E-state index contributed by atoms with van der Waals surface area (Å²) in [6.45, 7) is 5.05. The molecule has 0 fully saturated rings. The highest BCUT2D eigenvalue weighted by Crippen LogP contribution is 2.06. The lowest BCUT2D eigenvalue weighted by Crippen LogP contribution is -2.29. The molecule has 0 aliphatic heterocycles. The quantitative estimate of drug-likeness (QED) is 0.745. The fraction of sp³-hybridized carbons (Fsp3) is 0.500. The molecule has 0 unspecified atom stereocenters. The van der Waals surface area contributed by atoms with E-state index < -0.39 is 0 Å². The summed E-state index contributed by atoms with van der Waals surface area (Å²) in [7, 11) is 1.88. The Balaban J connectivity index is 2.50. The summed E-state index contributed by atoms with van der Waals surface area (Å²) in [4.78, 5) is 13.7. The van der Waals surface area contributed by atoms with Crippen LogP contribution in [-0.4, -0.2) is 24.4 Å². The number of benzene rings is 1. The van der Waals surface area contributed by atoms with E-state index in [1.54, 1.807) is 0 Å². The van der Waals surface area contributed by atoms with Crippen LogP contribution in [0.2, 0.25) is 0 Å². The normalized spacial score (nSPS) is 10.2. The maximum Gasteiger partial charge on any atom is 0.226 e. The zero-order chi connectivity index (χ0) is 12.0. The van der Waals surface area contributed by atoms with Crippen molar-refractivity contribution in [2.24, 2.45) is 0 Å². The van der Waals surface area contributed by atoms with E-state index in [-0.39, 0.29) is 5.91 Å². The lowest BCUT2D eigenvalue weighted by atomic mass is 10.1. The Bertz CT molecular complexity index is 346.